The predicted octanol–water partition coefficient (Wildman–Crippen LogP) is 2.83. The third-order valence-electron chi connectivity index (χ3n) is 4.23. The van der Waals surface area contributed by atoms with E-state index < -0.39 is 5.25 Å². The Bertz CT molecular complexity index is 897. The third kappa shape index (κ3) is 4.68. The van der Waals surface area contributed by atoms with Crippen molar-refractivity contribution >= 4 is 28.8 Å². The van der Waals surface area contributed by atoms with Crippen LogP contribution in [-0.2, 0) is 17.8 Å². The van der Waals surface area contributed by atoms with Crippen LogP contribution in [-0.4, -0.2) is 29.4 Å². The van der Waals surface area contributed by atoms with Crippen LogP contribution in [0.2, 0.25) is 0 Å². The molecule has 7 heteroatoms. The molecule has 1 aliphatic heterocycles. The topological polar surface area (TPSA) is 84.5 Å². The van der Waals surface area contributed by atoms with Crippen molar-refractivity contribution in [3.8, 4) is 5.75 Å². The highest BCUT2D eigenvalue weighted by Crippen LogP contribution is 2.26. The summed E-state index contributed by atoms with van der Waals surface area (Å²) >= 11 is 0.970. The zero-order valence-corrected chi connectivity index (χ0v) is 15.9. The number of ether oxygens (including phenoxy) is 1. The molecule has 1 unspecified atom stereocenters. The molecule has 1 heterocycles. The minimum atomic E-state index is -0.478. The molecule has 2 N–H and O–H groups in total. The molecule has 6 nitrogen and oxygen atoms in total. The van der Waals surface area contributed by atoms with Crippen molar-refractivity contribution in [2.75, 3.05) is 7.11 Å². The van der Waals surface area contributed by atoms with Crippen LogP contribution in [0.4, 0.5) is 4.79 Å². The minimum Gasteiger partial charge on any atom is -0.496 e. The fraction of sp³-hybridized carbons (Fsp3) is 0.250. The summed E-state index contributed by atoms with van der Waals surface area (Å²) in [4.78, 5) is 35.7. The highest BCUT2D eigenvalue weighted by atomic mass is 32.2. The fourth-order valence-corrected chi connectivity index (χ4v) is 3.76. The van der Waals surface area contributed by atoms with E-state index >= 15 is 0 Å². The maximum atomic E-state index is 12.7. The molecule has 2 aromatic rings. The Morgan fingerprint density at radius 3 is 2.67 bits per heavy atom. The van der Waals surface area contributed by atoms with E-state index in [1.165, 1.54) is 7.11 Å². The van der Waals surface area contributed by atoms with Gasteiger partial charge in [0.15, 0.2) is 0 Å². The molecule has 1 fully saturated rings. The highest BCUT2D eigenvalue weighted by molar-refractivity contribution is 8.15. The summed E-state index contributed by atoms with van der Waals surface area (Å²) in [5.41, 5.74) is 3.33. The van der Waals surface area contributed by atoms with Crippen molar-refractivity contribution in [1.29, 1.82) is 0 Å². The molecule has 2 aromatic carbocycles. The number of nitrogens with one attached hydrogen (secondary N) is 2. The normalized spacial score (nSPS) is 16.1. The zero-order valence-electron chi connectivity index (χ0n) is 15.1. The van der Waals surface area contributed by atoms with Crippen LogP contribution in [0.1, 0.15) is 27.0 Å². The lowest BCUT2D eigenvalue weighted by Crippen LogP contribution is -2.26. The van der Waals surface area contributed by atoms with Crippen LogP contribution in [0, 0.1) is 6.92 Å². The van der Waals surface area contributed by atoms with E-state index in [0.717, 1.165) is 28.5 Å². The van der Waals surface area contributed by atoms with Crippen LogP contribution in [0.5, 0.6) is 5.75 Å². The van der Waals surface area contributed by atoms with Crippen molar-refractivity contribution in [3.63, 3.8) is 0 Å². The minimum absolute atomic E-state index is 0.255. The molecule has 3 rings (SSSR count). The molecule has 27 heavy (non-hydrogen) atoms. The highest BCUT2D eigenvalue weighted by Gasteiger charge is 2.31. The molecule has 0 radical (unpaired) electrons. The number of carbonyl (C=O) groups excluding carboxylic acids is 3. The van der Waals surface area contributed by atoms with Crippen LogP contribution in [0.3, 0.4) is 0 Å². The van der Waals surface area contributed by atoms with Gasteiger partial charge in [-0.15, -0.1) is 0 Å². The molecule has 140 valence electrons. The molecule has 1 aliphatic rings. The second-order valence-electron chi connectivity index (χ2n) is 6.29. The third-order valence-corrected chi connectivity index (χ3v) is 5.21. The van der Waals surface area contributed by atoms with Crippen LogP contribution in [0.25, 0.3) is 0 Å². The molecule has 0 aliphatic carbocycles. The predicted molar refractivity (Wildman–Crippen MR) is 104 cm³/mol. The van der Waals surface area contributed by atoms with E-state index in [1.54, 1.807) is 18.2 Å². The summed E-state index contributed by atoms with van der Waals surface area (Å²) in [6, 6.07) is 13.1. The summed E-state index contributed by atoms with van der Waals surface area (Å²) < 4.78 is 5.30. The SMILES string of the molecule is COc1ccc(CC2SC(=O)NC2=O)cc1C(=O)NCc1cccc(C)c1. The van der Waals surface area contributed by atoms with Crippen molar-refractivity contribution in [2.45, 2.75) is 25.1 Å². The van der Waals surface area contributed by atoms with Gasteiger partial charge in [0.1, 0.15) is 5.75 Å². The maximum absolute atomic E-state index is 12.7. The molecule has 0 aromatic heterocycles. The Morgan fingerprint density at radius 1 is 1.19 bits per heavy atom. The van der Waals surface area contributed by atoms with Gasteiger partial charge >= 0.3 is 0 Å². The van der Waals surface area contributed by atoms with Gasteiger partial charge in [-0.1, -0.05) is 47.7 Å². The second kappa shape index (κ2) is 8.26. The average molecular weight is 384 g/mol. The van der Waals surface area contributed by atoms with Gasteiger partial charge in [0.2, 0.25) is 5.91 Å². The molecule has 0 spiro atoms. The van der Waals surface area contributed by atoms with Crippen molar-refractivity contribution in [2.24, 2.45) is 0 Å². The Balaban J connectivity index is 1.73. The fourth-order valence-electron chi connectivity index (χ4n) is 2.90. The Labute approximate surface area is 161 Å². The summed E-state index contributed by atoms with van der Waals surface area (Å²) in [7, 11) is 1.51. The molecular formula is C20H20N2O4S. The van der Waals surface area contributed by atoms with E-state index in [-0.39, 0.29) is 17.1 Å². The average Bonchev–Trinajstić information content (AvgIpc) is 2.96. The maximum Gasteiger partial charge on any atom is 0.286 e. The smallest absolute Gasteiger partial charge is 0.286 e. The number of rotatable bonds is 6. The first-order valence-electron chi connectivity index (χ1n) is 8.48. The molecule has 0 saturated carbocycles. The van der Waals surface area contributed by atoms with Gasteiger partial charge in [-0.05, 0) is 36.6 Å². The van der Waals surface area contributed by atoms with E-state index in [4.69, 9.17) is 4.74 Å². The van der Waals surface area contributed by atoms with Crippen molar-refractivity contribution in [3.05, 3.63) is 64.7 Å². The number of methoxy groups -OCH3 is 1. The van der Waals surface area contributed by atoms with Gasteiger partial charge in [0.25, 0.3) is 11.1 Å². The number of hydrogen-bond acceptors (Lipinski definition) is 5. The second-order valence-corrected chi connectivity index (χ2v) is 7.47. The summed E-state index contributed by atoms with van der Waals surface area (Å²) in [6.45, 7) is 2.41. The number of amides is 3. The monoisotopic (exact) mass is 384 g/mol. The molecule has 3 amide bonds. The first-order chi connectivity index (χ1) is 13.0. The lowest BCUT2D eigenvalue weighted by molar-refractivity contribution is -0.118. The van der Waals surface area contributed by atoms with E-state index in [9.17, 15) is 14.4 Å². The Morgan fingerprint density at radius 2 is 2.00 bits per heavy atom. The first-order valence-corrected chi connectivity index (χ1v) is 9.36. The molecule has 1 atom stereocenters. The number of carbonyl (C=O) groups is 3. The van der Waals surface area contributed by atoms with Gasteiger partial charge in [-0.3, -0.25) is 19.7 Å². The van der Waals surface area contributed by atoms with Gasteiger partial charge in [0, 0.05) is 6.54 Å². The van der Waals surface area contributed by atoms with Gasteiger partial charge < -0.3 is 10.1 Å². The van der Waals surface area contributed by atoms with Crippen LogP contribution in [0.15, 0.2) is 42.5 Å². The number of hydrogen-bond donors (Lipinski definition) is 2. The summed E-state index contributed by atoms with van der Waals surface area (Å²) in [6.07, 6.45) is 0.365. The molecular weight excluding hydrogens is 364 g/mol. The number of benzene rings is 2. The van der Waals surface area contributed by atoms with E-state index in [2.05, 4.69) is 10.6 Å². The van der Waals surface area contributed by atoms with Gasteiger partial charge in [0.05, 0.1) is 17.9 Å². The quantitative estimate of drug-likeness (QED) is 0.800. The van der Waals surface area contributed by atoms with E-state index in [0.29, 0.717) is 24.3 Å². The Hall–Kier alpha value is -2.80. The van der Waals surface area contributed by atoms with E-state index in [1.807, 2.05) is 31.2 Å². The number of aryl methyl sites for hydroxylation is 1. The van der Waals surface area contributed by atoms with Crippen LogP contribution >= 0.6 is 11.8 Å². The zero-order chi connectivity index (χ0) is 19.4. The lowest BCUT2D eigenvalue weighted by Gasteiger charge is -2.12. The summed E-state index contributed by atoms with van der Waals surface area (Å²) in [5, 5.41) is 4.35. The van der Waals surface area contributed by atoms with Crippen molar-refractivity contribution < 1.29 is 19.1 Å². The van der Waals surface area contributed by atoms with Gasteiger partial charge in [-0.2, -0.15) is 0 Å². The summed E-state index contributed by atoms with van der Waals surface area (Å²) in [5.74, 6) is -0.0961. The first kappa shape index (κ1) is 19.0. The number of thioether (sulfide) groups is 1. The van der Waals surface area contributed by atoms with Crippen LogP contribution < -0.4 is 15.4 Å². The van der Waals surface area contributed by atoms with Gasteiger partial charge in [-0.25, -0.2) is 0 Å². The molecule has 1 saturated heterocycles. The lowest BCUT2D eigenvalue weighted by atomic mass is 10.0. The number of imide groups is 1. The van der Waals surface area contributed by atoms with Crippen molar-refractivity contribution in [1.82, 2.24) is 10.6 Å². The molecule has 0 bridgehead atoms. The largest absolute Gasteiger partial charge is 0.496 e. The Kier molecular flexibility index (Phi) is 5.81. The standard InChI is InChI=1S/C20H20N2O4S/c1-12-4-3-5-14(8-12)11-21-18(23)15-9-13(6-7-16(15)26-2)10-17-19(24)22-20(25)27-17/h3-9,17H,10-11H2,1-2H3,(H,21,23)(H,22,24,25).